The lowest BCUT2D eigenvalue weighted by Crippen LogP contribution is -2.05. The summed E-state index contributed by atoms with van der Waals surface area (Å²) in [6.45, 7) is 0. The lowest BCUT2D eigenvalue weighted by atomic mass is 10.3. The molecule has 82 valence electrons. The average molecular weight is 454 g/mol. The fourth-order valence-corrected chi connectivity index (χ4v) is 4.84. The van der Waals surface area contributed by atoms with Crippen molar-refractivity contribution in [1.29, 1.82) is 0 Å². The normalized spacial score (nSPS) is 11.4. The van der Waals surface area contributed by atoms with Crippen molar-refractivity contribution >= 4 is 61.0 Å². The van der Waals surface area contributed by atoms with Crippen LogP contribution in [-0.4, -0.2) is 17.9 Å². The number of rotatable bonds is 2. The van der Waals surface area contributed by atoms with E-state index in [0.29, 0.717) is 0 Å². The summed E-state index contributed by atoms with van der Waals surface area (Å²) < 4.78 is 32.6. The number of hydrogen-bond donors (Lipinski definition) is 0. The van der Waals surface area contributed by atoms with Crippen LogP contribution in [0.15, 0.2) is 17.0 Å². The van der Waals surface area contributed by atoms with Crippen molar-refractivity contribution in [3.05, 3.63) is 29.4 Å². The van der Waals surface area contributed by atoms with Gasteiger partial charge in [0.1, 0.15) is 10.1 Å². The number of benzene rings is 1. The highest BCUT2D eigenvalue weighted by atomic mass is 127. The molecule has 6 nitrogen and oxygen atoms in total. The smallest absolute Gasteiger partial charge is 0.271 e. The van der Waals surface area contributed by atoms with Crippen LogP contribution in [0, 0.1) is 17.3 Å². The Kier molecular flexibility index (Phi) is 3.89. The Morgan fingerprint density at radius 2 is 1.60 bits per heavy atom. The first-order chi connectivity index (χ1) is 6.73. The van der Waals surface area contributed by atoms with Crippen molar-refractivity contribution in [2.24, 2.45) is 0 Å². The van der Waals surface area contributed by atoms with E-state index < -0.39 is 19.9 Å². The van der Waals surface area contributed by atoms with Crippen LogP contribution >= 0.6 is 45.2 Å². The Bertz CT molecular complexity index is 503. The van der Waals surface area contributed by atoms with Gasteiger partial charge in [-0.25, -0.2) is 8.42 Å². The van der Waals surface area contributed by atoms with E-state index in [-0.39, 0.29) is 12.8 Å². The second kappa shape index (κ2) is 4.47. The zero-order valence-electron chi connectivity index (χ0n) is 6.81. The molecule has 0 fully saturated rings. The van der Waals surface area contributed by atoms with E-state index in [0.717, 1.165) is 12.1 Å². The molecule has 1 rings (SSSR count). The fraction of sp³-hybridized carbons (Fsp3) is 0. The van der Waals surface area contributed by atoms with E-state index in [1.54, 1.807) is 45.2 Å². The second-order valence-corrected chi connectivity index (χ2v) is 6.09. The van der Waals surface area contributed by atoms with Gasteiger partial charge in [-0.2, -0.15) is 0 Å². The summed E-state index contributed by atoms with van der Waals surface area (Å²) in [5.74, 6) is 0. The van der Waals surface area contributed by atoms with Gasteiger partial charge in [0.2, 0.25) is 0 Å². The number of nitro benzene ring substituents is 1. The van der Waals surface area contributed by atoms with Crippen molar-refractivity contribution in [3.63, 3.8) is 0 Å². The molecule has 15 heavy (non-hydrogen) atoms. The van der Waals surface area contributed by atoms with Gasteiger partial charge in [0.25, 0.3) is 5.69 Å². The summed E-state index contributed by atoms with van der Waals surface area (Å²) >= 11 is 3.16. The number of nitro groups is 1. The van der Waals surface area contributed by atoms with Crippen molar-refractivity contribution < 1.29 is 17.9 Å². The quantitative estimate of drug-likeness (QED) is 0.293. The van der Waals surface area contributed by atoms with Crippen LogP contribution in [0.1, 0.15) is 0 Å². The molecule has 0 N–H and O–H groups in total. The number of non-ortho nitro benzene ring substituents is 1. The third-order valence-corrected chi connectivity index (χ3v) is 4.82. The third kappa shape index (κ3) is 2.98. The maximum atomic E-state index is 10.8. The SMILES string of the molecule is O=[N+]([O-])c1cc(I)c(S(=O)(=O)[O-])c(I)c1. The molecule has 0 spiro atoms. The fourth-order valence-electron chi connectivity index (χ4n) is 0.891. The highest BCUT2D eigenvalue weighted by Crippen LogP contribution is 2.28. The first kappa shape index (κ1) is 13.1. The van der Waals surface area contributed by atoms with Gasteiger partial charge in [-0.15, -0.1) is 0 Å². The van der Waals surface area contributed by atoms with Gasteiger partial charge in [0.15, 0.2) is 0 Å². The summed E-state index contributed by atoms with van der Waals surface area (Å²) in [5.41, 5.74) is -0.240. The summed E-state index contributed by atoms with van der Waals surface area (Å²) in [6, 6.07) is 2.10. The standard InChI is InChI=1S/C6H3I2NO5S/c7-4-1-3(9(10)11)2-5(8)6(4)15(12,13)14/h1-2H,(H,12,13,14)/p-1. The topological polar surface area (TPSA) is 100 Å². The lowest BCUT2D eigenvalue weighted by molar-refractivity contribution is -0.385. The Hall–Kier alpha value is -0.0100. The Labute approximate surface area is 112 Å². The van der Waals surface area contributed by atoms with Gasteiger partial charge >= 0.3 is 0 Å². The van der Waals surface area contributed by atoms with Crippen LogP contribution < -0.4 is 0 Å². The molecular weight excluding hydrogens is 452 g/mol. The van der Waals surface area contributed by atoms with Crippen LogP contribution in [-0.2, 0) is 10.1 Å². The summed E-state index contributed by atoms with van der Waals surface area (Å²) in [4.78, 5) is 9.38. The zero-order chi connectivity index (χ0) is 11.8. The van der Waals surface area contributed by atoms with Gasteiger partial charge in [0.05, 0.1) is 9.82 Å². The van der Waals surface area contributed by atoms with Gasteiger partial charge in [-0.3, -0.25) is 10.1 Å². The third-order valence-electron chi connectivity index (χ3n) is 1.44. The molecule has 1 aromatic carbocycles. The maximum Gasteiger partial charge on any atom is 0.271 e. The average Bonchev–Trinajstić information content (AvgIpc) is 1.99. The molecule has 9 heteroatoms. The molecule has 0 atom stereocenters. The van der Waals surface area contributed by atoms with Gasteiger partial charge in [-0.1, -0.05) is 0 Å². The van der Waals surface area contributed by atoms with Crippen molar-refractivity contribution in [3.8, 4) is 0 Å². The molecule has 0 bridgehead atoms. The molecule has 0 heterocycles. The molecule has 0 aliphatic heterocycles. The number of halogens is 2. The minimum Gasteiger partial charge on any atom is -0.744 e. The summed E-state index contributed by atoms with van der Waals surface area (Å²) in [7, 11) is -4.59. The molecule has 0 aliphatic carbocycles. The number of nitrogens with zero attached hydrogens (tertiary/aromatic N) is 1. The van der Waals surface area contributed by atoms with Gasteiger partial charge < -0.3 is 4.55 Å². The lowest BCUT2D eigenvalue weighted by Gasteiger charge is -2.11. The molecule has 0 unspecified atom stereocenters. The van der Waals surface area contributed by atoms with E-state index in [9.17, 15) is 23.1 Å². The Balaban J connectivity index is 3.55. The predicted molar refractivity (Wildman–Crippen MR) is 66.5 cm³/mol. The van der Waals surface area contributed by atoms with Crippen molar-refractivity contribution in [1.82, 2.24) is 0 Å². The van der Waals surface area contributed by atoms with E-state index in [4.69, 9.17) is 0 Å². The Morgan fingerprint density at radius 1 is 1.20 bits per heavy atom. The van der Waals surface area contributed by atoms with Crippen LogP contribution in [0.25, 0.3) is 0 Å². The molecule has 0 radical (unpaired) electrons. The maximum absolute atomic E-state index is 10.8. The summed E-state index contributed by atoms with van der Waals surface area (Å²) in [6.07, 6.45) is 0. The molecule has 0 aliphatic rings. The second-order valence-electron chi connectivity index (χ2n) is 2.45. The van der Waals surface area contributed by atoms with E-state index in [1.165, 1.54) is 0 Å². The highest BCUT2D eigenvalue weighted by molar-refractivity contribution is 14.1. The zero-order valence-corrected chi connectivity index (χ0v) is 11.9. The molecule has 1 aromatic rings. The van der Waals surface area contributed by atoms with E-state index in [1.807, 2.05) is 0 Å². The predicted octanol–water partition coefficient (Wildman–Crippen LogP) is 1.71. The van der Waals surface area contributed by atoms with Crippen molar-refractivity contribution in [2.75, 3.05) is 0 Å². The van der Waals surface area contributed by atoms with Gasteiger partial charge in [-0.05, 0) is 45.2 Å². The van der Waals surface area contributed by atoms with Crippen LogP contribution in [0.4, 0.5) is 5.69 Å². The molecule has 0 amide bonds. The molecule has 0 aromatic heterocycles. The molecule has 0 saturated carbocycles. The summed E-state index contributed by atoms with van der Waals surface area (Å²) in [5, 5.41) is 10.4. The first-order valence-electron chi connectivity index (χ1n) is 3.33. The van der Waals surface area contributed by atoms with E-state index in [2.05, 4.69) is 0 Å². The first-order valence-corrected chi connectivity index (χ1v) is 6.89. The van der Waals surface area contributed by atoms with Crippen LogP contribution in [0.5, 0.6) is 0 Å². The number of hydrogen-bond acceptors (Lipinski definition) is 5. The molecular formula is C6H2I2NO5S-. The van der Waals surface area contributed by atoms with E-state index >= 15 is 0 Å². The Morgan fingerprint density at radius 3 is 1.87 bits per heavy atom. The minimum absolute atomic E-state index is 0.0567. The highest BCUT2D eigenvalue weighted by Gasteiger charge is 2.17. The molecule has 0 saturated heterocycles. The van der Waals surface area contributed by atoms with Crippen LogP contribution in [0.3, 0.4) is 0 Å². The van der Waals surface area contributed by atoms with Crippen LogP contribution in [0.2, 0.25) is 0 Å². The largest absolute Gasteiger partial charge is 0.744 e. The minimum atomic E-state index is -4.59. The van der Waals surface area contributed by atoms with Crippen molar-refractivity contribution in [2.45, 2.75) is 4.90 Å². The van der Waals surface area contributed by atoms with Gasteiger partial charge in [0, 0.05) is 19.3 Å². The monoisotopic (exact) mass is 454 g/mol.